The summed E-state index contributed by atoms with van der Waals surface area (Å²) in [5, 5.41) is 17.8. The van der Waals surface area contributed by atoms with Gasteiger partial charge in [-0.15, -0.1) is 0 Å². The van der Waals surface area contributed by atoms with Crippen LogP contribution in [0.2, 0.25) is 0 Å². The molecule has 3 unspecified atom stereocenters. The van der Waals surface area contributed by atoms with Crippen molar-refractivity contribution in [2.24, 2.45) is 23.2 Å². The number of aliphatic carboxylic acids is 1. The maximum absolute atomic E-state index is 12.3. The summed E-state index contributed by atoms with van der Waals surface area (Å²) in [5.41, 5.74) is -0.480. The standard InChI is InChI=1S/C13H20N2O3/c1-5-15(7-8(2)6-14)11(16)9-10(12(17)18)13(9,3)4/h8-10H,5,7H2,1-4H3,(H,17,18). The SMILES string of the molecule is CCN(CC(C)C#N)C(=O)C1C(C(=O)O)C1(C)C. The van der Waals surface area contributed by atoms with E-state index in [4.69, 9.17) is 10.4 Å². The van der Waals surface area contributed by atoms with Crippen molar-refractivity contribution in [2.75, 3.05) is 13.1 Å². The lowest BCUT2D eigenvalue weighted by Crippen LogP contribution is -2.36. The highest BCUT2D eigenvalue weighted by Gasteiger charge is 2.66. The predicted molar refractivity (Wildman–Crippen MR) is 65.4 cm³/mol. The summed E-state index contributed by atoms with van der Waals surface area (Å²) in [5.74, 6) is -2.35. The van der Waals surface area contributed by atoms with Crippen LogP contribution in [0, 0.1) is 34.5 Å². The Balaban J connectivity index is 2.76. The first-order valence-corrected chi connectivity index (χ1v) is 6.18. The molecule has 1 saturated carbocycles. The van der Waals surface area contributed by atoms with Crippen molar-refractivity contribution in [2.45, 2.75) is 27.7 Å². The first-order chi connectivity index (χ1) is 8.27. The second-order valence-corrected chi connectivity index (χ2v) is 5.52. The zero-order valence-corrected chi connectivity index (χ0v) is 11.3. The molecule has 0 aromatic rings. The van der Waals surface area contributed by atoms with E-state index < -0.39 is 23.2 Å². The molecule has 1 fully saturated rings. The Morgan fingerprint density at radius 2 is 2.00 bits per heavy atom. The van der Waals surface area contributed by atoms with Crippen LogP contribution in [0.1, 0.15) is 27.7 Å². The second-order valence-electron chi connectivity index (χ2n) is 5.52. The molecule has 0 saturated heterocycles. The summed E-state index contributed by atoms with van der Waals surface area (Å²) >= 11 is 0. The van der Waals surface area contributed by atoms with Crippen LogP contribution in [0.15, 0.2) is 0 Å². The van der Waals surface area contributed by atoms with Crippen molar-refractivity contribution in [1.82, 2.24) is 4.90 Å². The average Bonchev–Trinajstić information content (AvgIpc) is 2.88. The third-order valence-electron chi connectivity index (χ3n) is 3.77. The maximum Gasteiger partial charge on any atom is 0.307 e. The highest BCUT2D eigenvalue weighted by atomic mass is 16.4. The van der Waals surface area contributed by atoms with Gasteiger partial charge in [-0.25, -0.2) is 0 Å². The molecule has 0 bridgehead atoms. The van der Waals surface area contributed by atoms with E-state index in [2.05, 4.69) is 6.07 Å². The lowest BCUT2D eigenvalue weighted by molar-refractivity contribution is -0.142. The van der Waals surface area contributed by atoms with Gasteiger partial charge in [-0.05, 0) is 19.3 Å². The highest BCUT2D eigenvalue weighted by molar-refractivity contribution is 5.91. The van der Waals surface area contributed by atoms with Crippen molar-refractivity contribution < 1.29 is 14.7 Å². The van der Waals surface area contributed by atoms with Crippen molar-refractivity contribution in [3.8, 4) is 6.07 Å². The molecule has 0 heterocycles. The summed E-state index contributed by atoms with van der Waals surface area (Å²) in [6.07, 6.45) is 0. The molecular weight excluding hydrogens is 232 g/mol. The molecule has 100 valence electrons. The molecule has 1 aliphatic rings. The van der Waals surface area contributed by atoms with Gasteiger partial charge in [0, 0.05) is 13.1 Å². The molecule has 1 rings (SSSR count). The first-order valence-electron chi connectivity index (χ1n) is 6.18. The van der Waals surface area contributed by atoms with Crippen LogP contribution in [0.25, 0.3) is 0 Å². The van der Waals surface area contributed by atoms with Crippen molar-refractivity contribution >= 4 is 11.9 Å². The van der Waals surface area contributed by atoms with Gasteiger partial charge in [0.1, 0.15) is 0 Å². The molecule has 0 aromatic heterocycles. The summed E-state index contributed by atoms with van der Waals surface area (Å²) in [6, 6.07) is 2.09. The molecule has 0 aromatic carbocycles. The highest BCUT2D eigenvalue weighted by Crippen LogP contribution is 2.59. The second kappa shape index (κ2) is 4.97. The fourth-order valence-corrected chi connectivity index (χ4v) is 2.50. The Bertz CT molecular complexity index is 398. The smallest absolute Gasteiger partial charge is 0.307 e. The van der Waals surface area contributed by atoms with E-state index in [9.17, 15) is 9.59 Å². The third-order valence-corrected chi connectivity index (χ3v) is 3.77. The number of carboxylic acids is 1. The molecule has 1 amide bonds. The normalized spacial score (nSPS) is 25.9. The number of hydrogen-bond acceptors (Lipinski definition) is 3. The minimum Gasteiger partial charge on any atom is -0.481 e. The van der Waals surface area contributed by atoms with Gasteiger partial charge in [0.15, 0.2) is 0 Å². The summed E-state index contributed by atoms with van der Waals surface area (Å²) < 4.78 is 0. The largest absolute Gasteiger partial charge is 0.481 e. The van der Waals surface area contributed by atoms with E-state index in [-0.39, 0.29) is 11.8 Å². The van der Waals surface area contributed by atoms with E-state index in [0.29, 0.717) is 13.1 Å². The van der Waals surface area contributed by atoms with Gasteiger partial charge in [0.2, 0.25) is 5.91 Å². The number of carbonyl (C=O) groups is 2. The summed E-state index contributed by atoms with van der Waals surface area (Å²) in [4.78, 5) is 24.9. The lowest BCUT2D eigenvalue weighted by Gasteiger charge is -2.22. The Kier molecular flexibility index (Phi) is 4.00. The van der Waals surface area contributed by atoms with Crippen LogP contribution in [0.3, 0.4) is 0 Å². The van der Waals surface area contributed by atoms with Crippen LogP contribution in [-0.2, 0) is 9.59 Å². The van der Waals surface area contributed by atoms with Gasteiger partial charge < -0.3 is 10.0 Å². The quantitative estimate of drug-likeness (QED) is 0.800. The molecule has 1 aliphatic carbocycles. The topological polar surface area (TPSA) is 81.4 Å². The zero-order chi connectivity index (χ0) is 14.1. The van der Waals surface area contributed by atoms with Gasteiger partial charge in [0.05, 0.1) is 23.8 Å². The monoisotopic (exact) mass is 252 g/mol. The van der Waals surface area contributed by atoms with Crippen molar-refractivity contribution in [3.63, 3.8) is 0 Å². The number of nitriles is 1. The Labute approximate surface area is 107 Å². The van der Waals surface area contributed by atoms with Gasteiger partial charge in [0.25, 0.3) is 0 Å². The van der Waals surface area contributed by atoms with E-state index in [1.165, 1.54) is 0 Å². The maximum atomic E-state index is 12.3. The van der Waals surface area contributed by atoms with Crippen molar-refractivity contribution in [1.29, 1.82) is 5.26 Å². The number of nitrogens with zero attached hydrogens (tertiary/aromatic N) is 2. The minimum atomic E-state index is -0.914. The van der Waals surface area contributed by atoms with Crippen LogP contribution >= 0.6 is 0 Å². The van der Waals surface area contributed by atoms with Crippen LogP contribution in [0.4, 0.5) is 0 Å². The Hall–Kier alpha value is -1.57. The van der Waals surface area contributed by atoms with Crippen LogP contribution < -0.4 is 0 Å². The Morgan fingerprint density at radius 1 is 1.44 bits per heavy atom. The zero-order valence-electron chi connectivity index (χ0n) is 11.3. The molecular formula is C13H20N2O3. The molecule has 1 N–H and O–H groups in total. The lowest BCUT2D eigenvalue weighted by atomic mass is 10.1. The molecule has 0 radical (unpaired) electrons. The fourth-order valence-electron chi connectivity index (χ4n) is 2.50. The van der Waals surface area contributed by atoms with E-state index in [1.807, 2.05) is 6.92 Å². The number of hydrogen-bond donors (Lipinski definition) is 1. The van der Waals surface area contributed by atoms with E-state index in [0.717, 1.165) is 0 Å². The molecule has 0 aliphatic heterocycles. The van der Waals surface area contributed by atoms with Crippen LogP contribution in [-0.4, -0.2) is 35.0 Å². The van der Waals surface area contributed by atoms with Gasteiger partial charge in [-0.1, -0.05) is 13.8 Å². The van der Waals surface area contributed by atoms with Crippen molar-refractivity contribution in [3.05, 3.63) is 0 Å². The van der Waals surface area contributed by atoms with Crippen LogP contribution in [0.5, 0.6) is 0 Å². The number of carboxylic acid groups (broad SMARTS) is 1. The molecule has 3 atom stereocenters. The minimum absolute atomic E-state index is 0.142. The molecule has 5 nitrogen and oxygen atoms in total. The fraction of sp³-hybridized carbons (Fsp3) is 0.769. The van der Waals surface area contributed by atoms with E-state index in [1.54, 1.807) is 25.7 Å². The van der Waals surface area contributed by atoms with Gasteiger partial charge in [-0.3, -0.25) is 9.59 Å². The first kappa shape index (κ1) is 14.5. The third kappa shape index (κ3) is 2.47. The summed E-state index contributed by atoms with van der Waals surface area (Å²) in [6.45, 7) is 8.07. The molecule has 0 spiro atoms. The Morgan fingerprint density at radius 3 is 2.33 bits per heavy atom. The van der Waals surface area contributed by atoms with Gasteiger partial charge >= 0.3 is 5.97 Å². The summed E-state index contributed by atoms with van der Waals surface area (Å²) in [7, 11) is 0. The molecule has 18 heavy (non-hydrogen) atoms. The number of amides is 1. The average molecular weight is 252 g/mol. The number of carbonyl (C=O) groups excluding carboxylic acids is 1. The number of rotatable bonds is 5. The van der Waals surface area contributed by atoms with E-state index >= 15 is 0 Å². The van der Waals surface area contributed by atoms with Gasteiger partial charge in [-0.2, -0.15) is 5.26 Å². The molecule has 5 heteroatoms. The predicted octanol–water partition coefficient (Wildman–Crippen LogP) is 1.35.